The van der Waals surface area contributed by atoms with Crippen LogP contribution >= 0.6 is 0 Å². The summed E-state index contributed by atoms with van der Waals surface area (Å²) in [6.45, 7) is -1.15. The van der Waals surface area contributed by atoms with Gasteiger partial charge in [0.05, 0.1) is 53.5 Å². The molecule has 2 heterocycles. The van der Waals surface area contributed by atoms with Crippen LogP contribution in [0.4, 0.5) is 40.6 Å². The van der Waals surface area contributed by atoms with Crippen LogP contribution in [-0.2, 0) is 29.8 Å². The minimum atomic E-state index is -5.15. The molecule has 0 bridgehead atoms. The highest BCUT2D eigenvalue weighted by atomic mass is 32.2. The molecule has 1 amide bonds. The van der Waals surface area contributed by atoms with Gasteiger partial charge < -0.3 is 83.9 Å². The molecule has 2 aliphatic rings. The quantitative estimate of drug-likeness (QED) is 0.00888. The van der Waals surface area contributed by atoms with E-state index in [-0.39, 0.29) is 98.1 Å². The van der Waals surface area contributed by atoms with Gasteiger partial charge in [0.25, 0.3) is 20.2 Å². The summed E-state index contributed by atoms with van der Waals surface area (Å²) in [5.41, 5.74) is 8.74. The third kappa shape index (κ3) is 14.2. The predicted molar refractivity (Wildman–Crippen MR) is 260 cm³/mol. The summed E-state index contributed by atoms with van der Waals surface area (Å²) in [5.74, 6) is -3.42. The maximum Gasteiger partial charge on any atom is 0.296 e. The van der Waals surface area contributed by atoms with Crippen molar-refractivity contribution in [3.63, 3.8) is 0 Å². The van der Waals surface area contributed by atoms with Crippen molar-refractivity contribution in [1.82, 2.24) is 25.6 Å². The summed E-state index contributed by atoms with van der Waals surface area (Å²) >= 11 is 0. The first-order valence-corrected chi connectivity index (χ1v) is 25.5. The molecule has 29 nitrogen and oxygen atoms in total. The number of nitrogens with one attached hydrogen (secondary N) is 6. The van der Waals surface area contributed by atoms with Gasteiger partial charge in [-0.3, -0.25) is 28.5 Å². The zero-order valence-corrected chi connectivity index (χ0v) is 40.6. The number of hydrogen-bond acceptors (Lipinski definition) is 26. The van der Waals surface area contributed by atoms with Gasteiger partial charge >= 0.3 is 0 Å². The van der Waals surface area contributed by atoms with Crippen molar-refractivity contribution >= 4 is 84.2 Å². The van der Waals surface area contributed by atoms with Crippen LogP contribution in [0, 0.1) is 0 Å². The number of rotatable bonds is 25. The van der Waals surface area contributed by atoms with Gasteiger partial charge in [-0.25, -0.2) is 0 Å². The molecule has 1 aliphatic heterocycles. The topological polar surface area (TPSA) is 489 Å². The monoisotopic (exact) mass is 1080 g/mol. The van der Waals surface area contributed by atoms with E-state index in [1.165, 1.54) is 30.3 Å². The normalized spacial score (nSPS) is 19.7. The summed E-state index contributed by atoms with van der Waals surface area (Å²) < 4.78 is 76.3. The van der Waals surface area contributed by atoms with Crippen LogP contribution in [0.1, 0.15) is 57.5 Å². The Morgan fingerprint density at radius 1 is 0.784 bits per heavy atom. The maximum atomic E-state index is 13.8. The molecule has 402 valence electrons. The van der Waals surface area contributed by atoms with Crippen LogP contribution in [0.5, 0.6) is 0 Å². The van der Waals surface area contributed by atoms with E-state index in [0.29, 0.717) is 12.8 Å². The Bertz CT molecular complexity index is 2970. The molecular weight excluding hydrogens is 1020 g/mol. The molecular formula is C43H55N12O17S2-. The van der Waals surface area contributed by atoms with Crippen molar-refractivity contribution in [3.8, 4) is 0 Å². The molecule has 0 saturated carbocycles. The lowest BCUT2D eigenvalue weighted by molar-refractivity contribution is -0.253. The van der Waals surface area contributed by atoms with E-state index in [0.717, 1.165) is 18.2 Å². The van der Waals surface area contributed by atoms with E-state index in [2.05, 4.69) is 51.8 Å². The zero-order valence-electron chi connectivity index (χ0n) is 39.0. The van der Waals surface area contributed by atoms with Crippen molar-refractivity contribution in [1.29, 1.82) is 0 Å². The number of aromatic nitrogens is 3. The molecule has 7 atom stereocenters. The first kappa shape index (κ1) is 56.7. The summed E-state index contributed by atoms with van der Waals surface area (Å²) in [7, 11) is -10.3. The van der Waals surface area contributed by atoms with Crippen LogP contribution in [0.15, 0.2) is 63.3 Å². The highest BCUT2D eigenvalue weighted by Crippen LogP contribution is 2.41. The number of ketones is 2. The molecule has 1 saturated heterocycles. The van der Waals surface area contributed by atoms with Crippen molar-refractivity contribution in [2.24, 2.45) is 10.7 Å². The highest BCUT2D eigenvalue weighted by Gasteiger charge is 2.43. The number of anilines is 7. The third-order valence-corrected chi connectivity index (χ3v) is 13.2. The van der Waals surface area contributed by atoms with Crippen LogP contribution < -0.4 is 48.5 Å². The molecule has 6 rings (SSSR count). The van der Waals surface area contributed by atoms with Crippen LogP contribution in [0.2, 0.25) is 0 Å². The number of aliphatic imine (C=N–C) groups is 1. The molecule has 4 aromatic rings. The minimum absolute atomic E-state index is 0.0170. The number of hydrogen-bond donors (Lipinski definition) is 16. The van der Waals surface area contributed by atoms with E-state index < -0.39 is 120 Å². The van der Waals surface area contributed by atoms with Gasteiger partial charge in [0, 0.05) is 49.5 Å². The van der Waals surface area contributed by atoms with E-state index in [9.17, 15) is 76.1 Å². The Hall–Kier alpha value is -6.59. The SMILES string of the molecule is NCC(O)CNCC(=O)NCC(O)CNc1nc(NCCCCCC([O-])=N[C@@H]2[C@@H](O)[C@@H](O)[C@@H](CO)O[C@H]2O)nc(Nc2ccc(Nc3cc(S(=O)(=O)O)c(N)c4c3C(=O)c3ccccc3C4=O)cc2S(=O)(=O)O)n1. The Balaban J connectivity index is 1.20. The van der Waals surface area contributed by atoms with Crippen LogP contribution in [0.25, 0.3) is 0 Å². The summed E-state index contributed by atoms with van der Waals surface area (Å²) in [5, 5.41) is 88.9. The fourth-order valence-corrected chi connectivity index (χ4v) is 8.95. The van der Waals surface area contributed by atoms with Gasteiger partial charge in [-0.1, -0.05) is 30.7 Å². The van der Waals surface area contributed by atoms with Crippen LogP contribution in [0.3, 0.4) is 0 Å². The van der Waals surface area contributed by atoms with Crippen molar-refractivity contribution in [2.45, 2.75) is 78.3 Å². The Morgan fingerprint density at radius 2 is 1.43 bits per heavy atom. The van der Waals surface area contributed by atoms with E-state index >= 15 is 0 Å². The molecule has 18 N–H and O–H groups in total. The zero-order chi connectivity index (χ0) is 54.1. The number of unbranched alkanes of at least 4 members (excludes halogenated alkanes) is 2. The number of carbonyl (C=O) groups excluding carboxylic acids is 3. The number of benzene rings is 3. The molecule has 74 heavy (non-hydrogen) atoms. The Labute approximate surface area is 422 Å². The summed E-state index contributed by atoms with van der Waals surface area (Å²) in [4.78, 5) is 54.6. The second-order valence-corrected chi connectivity index (χ2v) is 19.6. The van der Waals surface area contributed by atoms with Crippen molar-refractivity contribution < 1.29 is 80.8 Å². The number of fused-ring (bicyclic) bond motifs is 2. The maximum absolute atomic E-state index is 13.8. The Kier molecular flexibility index (Phi) is 18.9. The minimum Gasteiger partial charge on any atom is -0.862 e. The molecule has 1 fully saturated rings. The van der Waals surface area contributed by atoms with E-state index in [1.54, 1.807) is 0 Å². The number of aliphatic hydroxyl groups excluding tert-OH is 6. The first-order chi connectivity index (χ1) is 35.0. The number of nitrogens with zero attached hydrogens (tertiary/aromatic N) is 4. The highest BCUT2D eigenvalue weighted by molar-refractivity contribution is 7.86. The lowest BCUT2D eigenvalue weighted by atomic mass is 9.82. The molecule has 0 radical (unpaired) electrons. The van der Waals surface area contributed by atoms with E-state index in [1.807, 2.05) is 0 Å². The summed E-state index contributed by atoms with van der Waals surface area (Å²) in [6.07, 6.45) is -7.35. The smallest absolute Gasteiger partial charge is 0.296 e. The number of carbonyl (C=O) groups is 3. The van der Waals surface area contributed by atoms with Crippen molar-refractivity contribution in [3.05, 3.63) is 70.8 Å². The number of aliphatic hydroxyl groups is 6. The molecule has 1 aliphatic carbocycles. The fourth-order valence-electron chi connectivity index (χ4n) is 7.63. The lowest BCUT2D eigenvalue weighted by Crippen LogP contribution is -2.58. The molecule has 0 spiro atoms. The number of ether oxygens (including phenoxy) is 1. The predicted octanol–water partition coefficient (Wildman–Crippen LogP) is -3.46. The van der Waals surface area contributed by atoms with Gasteiger partial charge in [-0.15, -0.1) is 0 Å². The third-order valence-electron chi connectivity index (χ3n) is 11.4. The van der Waals surface area contributed by atoms with Gasteiger partial charge in [0.1, 0.15) is 34.1 Å². The van der Waals surface area contributed by atoms with Crippen molar-refractivity contribution in [2.75, 3.05) is 72.9 Å². The standard InChI is InChI=1S/C43H56N12O17S2/c44-14-21(57)15-46-18-31(60)48-16-22(58)17-49-42-53-41(47-11-5-1-2-8-30(59)52-35-39(64)38(63)27(19-56)72-40(35)65)54-43(55-42)51-25-10-9-20(12-28(25)73(66,67)68)50-26-13-29(74(69,70)71)34(45)33-32(26)36(61)23-6-3-4-7-24(23)37(33)62/h3-4,6-7,9-10,12-13,21-22,27,35,38-40,46,50,56-58,63-65H,1-2,5,8,11,14-19,44-45H2,(H,48,60)(H,52,59)(H,66,67,68)(H,69,70,71)(H3,47,49,51,53,54,55)/p-1/t21?,22?,27-,35-,38+,39-,40-/m1/s1. The number of nitrogens with two attached hydrogens (primary N) is 2. The van der Waals surface area contributed by atoms with Gasteiger partial charge in [-0.05, 0) is 49.4 Å². The summed E-state index contributed by atoms with van der Waals surface area (Å²) in [6, 6.07) is 8.22. The lowest BCUT2D eigenvalue weighted by Gasteiger charge is -2.39. The number of amides is 1. The fraction of sp³-hybridized carbons (Fsp3) is 0.419. The Morgan fingerprint density at radius 3 is 2.08 bits per heavy atom. The second-order valence-electron chi connectivity index (χ2n) is 16.8. The van der Waals surface area contributed by atoms with Gasteiger partial charge in [0.2, 0.25) is 23.8 Å². The number of nitrogen functional groups attached to an aromatic ring is 1. The molecule has 1 aromatic heterocycles. The van der Waals surface area contributed by atoms with E-state index in [4.69, 9.17) is 16.2 Å². The molecule has 2 unspecified atom stereocenters. The van der Waals surface area contributed by atoms with Crippen LogP contribution in [-0.4, -0.2) is 184 Å². The molecule has 31 heteroatoms. The average molecular weight is 1080 g/mol. The second kappa shape index (κ2) is 24.6. The van der Waals surface area contributed by atoms with Gasteiger partial charge in [-0.2, -0.15) is 31.8 Å². The molecule has 3 aromatic carbocycles. The average Bonchev–Trinajstić information content (AvgIpc) is 3.35. The largest absolute Gasteiger partial charge is 0.862 e. The van der Waals surface area contributed by atoms with Gasteiger partial charge in [0.15, 0.2) is 17.9 Å². The first-order valence-electron chi connectivity index (χ1n) is 22.6.